The summed E-state index contributed by atoms with van der Waals surface area (Å²) in [5.74, 6) is -1.22. The third-order valence-electron chi connectivity index (χ3n) is 3.04. The zero-order valence-corrected chi connectivity index (χ0v) is 9.97. The quantitative estimate of drug-likeness (QED) is 0.719. The van der Waals surface area contributed by atoms with Crippen molar-refractivity contribution in [2.75, 3.05) is 13.1 Å². The van der Waals surface area contributed by atoms with E-state index in [4.69, 9.17) is 0 Å². The predicted octanol–water partition coefficient (Wildman–Crippen LogP) is 0.267. The molecule has 2 N–H and O–H groups in total. The molecule has 2 aromatic rings. The first-order valence-electron chi connectivity index (χ1n) is 5.82. The highest BCUT2D eigenvalue weighted by molar-refractivity contribution is 6.06. The van der Waals surface area contributed by atoms with E-state index in [2.05, 4.69) is 10.3 Å². The molecule has 96 valence electrons. The Morgan fingerprint density at radius 3 is 2.58 bits per heavy atom. The smallest absolute Gasteiger partial charge is 0.254 e. The molecule has 2 heterocycles. The molecule has 1 fully saturated rings. The van der Waals surface area contributed by atoms with E-state index < -0.39 is 11.8 Å². The van der Waals surface area contributed by atoms with Crippen molar-refractivity contribution < 1.29 is 14.4 Å². The van der Waals surface area contributed by atoms with Gasteiger partial charge in [0.15, 0.2) is 0 Å². The van der Waals surface area contributed by atoms with E-state index in [0.29, 0.717) is 5.56 Å². The van der Waals surface area contributed by atoms with Gasteiger partial charge in [-0.2, -0.15) is 0 Å². The lowest BCUT2D eigenvalue weighted by atomic mass is 10.1. The number of carbonyl (C=O) groups is 3. The van der Waals surface area contributed by atoms with Gasteiger partial charge in [0.2, 0.25) is 11.8 Å². The van der Waals surface area contributed by atoms with Gasteiger partial charge in [0, 0.05) is 22.7 Å². The van der Waals surface area contributed by atoms with Crippen LogP contribution in [0.25, 0.3) is 10.9 Å². The van der Waals surface area contributed by atoms with Gasteiger partial charge in [-0.1, -0.05) is 0 Å². The van der Waals surface area contributed by atoms with E-state index in [-0.39, 0.29) is 19.0 Å². The number of piperazine rings is 1. The maximum Gasteiger partial charge on any atom is 0.254 e. The highest BCUT2D eigenvalue weighted by Crippen LogP contribution is 2.16. The Labute approximate surface area is 108 Å². The first-order valence-corrected chi connectivity index (χ1v) is 5.82. The summed E-state index contributed by atoms with van der Waals surface area (Å²) in [6.45, 7) is -0.175. The van der Waals surface area contributed by atoms with E-state index in [1.54, 1.807) is 24.4 Å². The molecule has 3 rings (SSSR count). The molecule has 0 aliphatic carbocycles. The van der Waals surface area contributed by atoms with E-state index >= 15 is 0 Å². The van der Waals surface area contributed by atoms with Crippen molar-refractivity contribution in [3.8, 4) is 0 Å². The zero-order chi connectivity index (χ0) is 13.4. The van der Waals surface area contributed by atoms with Crippen molar-refractivity contribution in [2.24, 2.45) is 0 Å². The van der Waals surface area contributed by atoms with Crippen molar-refractivity contribution in [1.82, 2.24) is 15.2 Å². The Hall–Kier alpha value is -2.63. The molecule has 0 spiro atoms. The Bertz CT molecular complexity index is 673. The van der Waals surface area contributed by atoms with Crippen LogP contribution >= 0.6 is 0 Å². The van der Waals surface area contributed by atoms with Gasteiger partial charge >= 0.3 is 0 Å². The van der Waals surface area contributed by atoms with Crippen LogP contribution in [0.1, 0.15) is 10.4 Å². The molecule has 0 bridgehead atoms. The van der Waals surface area contributed by atoms with Gasteiger partial charge in [-0.05, 0) is 24.3 Å². The second-order valence-electron chi connectivity index (χ2n) is 4.41. The second-order valence-corrected chi connectivity index (χ2v) is 4.41. The normalized spacial score (nSPS) is 15.7. The van der Waals surface area contributed by atoms with Crippen molar-refractivity contribution in [3.05, 3.63) is 36.0 Å². The van der Waals surface area contributed by atoms with Gasteiger partial charge < -0.3 is 9.88 Å². The lowest BCUT2D eigenvalue weighted by molar-refractivity contribution is -0.135. The fourth-order valence-corrected chi connectivity index (χ4v) is 2.15. The van der Waals surface area contributed by atoms with E-state index in [1.807, 2.05) is 6.07 Å². The van der Waals surface area contributed by atoms with Crippen LogP contribution in [0.4, 0.5) is 0 Å². The van der Waals surface area contributed by atoms with E-state index in [1.165, 1.54) is 4.90 Å². The van der Waals surface area contributed by atoms with Crippen LogP contribution in [0.3, 0.4) is 0 Å². The molecule has 6 heteroatoms. The summed E-state index contributed by atoms with van der Waals surface area (Å²) in [6, 6.07) is 7.08. The average Bonchev–Trinajstić information content (AvgIpc) is 2.83. The van der Waals surface area contributed by atoms with Gasteiger partial charge in [-0.3, -0.25) is 19.7 Å². The second kappa shape index (κ2) is 4.24. The Kier molecular flexibility index (Phi) is 2.56. The van der Waals surface area contributed by atoms with Crippen LogP contribution in [0.15, 0.2) is 30.5 Å². The molecular weight excluding hydrogens is 246 g/mol. The molecule has 3 amide bonds. The largest absolute Gasteiger partial charge is 0.361 e. The number of aromatic amines is 1. The lowest BCUT2D eigenvalue weighted by Gasteiger charge is -2.25. The highest BCUT2D eigenvalue weighted by atomic mass is 16.2. The molecule has 1 saturated heterocycles. The number of benzene rings is 1. The maximum atomic E-state index is 12.2. The van der Waals surface area contributed by atoms with Crippen LogP contribution in [0, 0.1) is 0 Å². The molecule has 0 atom stereocenters. The van der Waals surface area contributed by atoms with Crippen molar-refractivity contribution >= 4 is 28.6 Å². The van der Waals surface area contributed by atoms with Crippen LogP contribution in [-0.4, -0.2) is 40.7 Å². The van der Waals surface area contributed by atoms with Gasteiger partial charge in [-0.15, -0.1) is 0 Å². The third-order valence-corrected chi connectivity index (χ3v) is 3.04. The fraction of sp³-hybridized carbons (Fsp3) is 0.154. The SMILES string of the molecule is O=C1CN(C(=O)c2ccc3[nH]ccc3c2)CC(=O)N1. The lowest BCUT2D eigenvalue weighted by Crippen LogP contribution is -2.53. The summed E-state index contributed by atoms with van der Waals surface area (Å²) < 4.78 is 0. The minimum atomic E-state index is -0.452. The number of carbonyl (C=O) groups excluding carboxylic acids is 3. The molecular formula is C13H11N3O3. The van der Waals surface area contributed by atoms with Crippen molar-refractivity contribution in [3.63, 3.8) is 0 Å². The summed E-state index contributed by atoms with van der Waals surface area (Å²) in [6.07, 6.45) is 1.79. The maximum absolute atomic E-state index is 12.2. The summed E-state index contributed by atoms with van der Waals surface area (Å²) in [5.41, 5.74) is 1.40. The summed E-state index contributed by atoms with van der Waals surface area (Å²) in [5, 5.41) is 3.08. The predicted molar refractivity (Wildman–Crippen MR) is 67.4 cm³/mol. The number of H-pyrrole nitrogens is 1. The standard InChI is InChI=1S/C13H11N3O3/c17-11-6-16(7-12(18)15-11)13(19)9-1-2-10-8(5-9)3-4-14-10/h1-5,14H,6-7H2,(H,15,17,18). The Morgan fingerprint density at radius 2 is 1.84 bits per heavy atom. The number of nitrogens with one attached hydrogen (secondary N) is 2. The van der Waals surface area contributed by atoms with Gasteiger partial charge in [0.05, 0.1) is 0 Å². The first kappa shape index (κ1) is 11.5. The van der Waals surface area contributed by atoms with E-state index in [9.17, 15) is 14.4 Å². The molecule has 1 aliphatic rings. The van der Waals surface area contributed by atoms with Gasteiger partial charge in [0.25, 0.3) is 5.91 Å². The molecule has 0 radical (unpaired) electrons. The molecule has 0 saturated carbocycles. The van der Waals surface area contributed by atoms with Crippen LogP contribution < -0.4 is 5.32 Å². The summed E-state index contributed by atoms with van der Waals surface area (Å²) in [7, 11) is 0. The Balaban J connectivity index is 1.90. The van der Waals surface area contributed by atoms with Crippen LogP contribution in [0.5, 0.6) is 0 Å². The number of rotatable bonds is 1. The fourth-order valence-electron chi connectivity index (χ4n) is 2.15. The van der Waals surface area contributed by atoms with Gasteiger partial charge in [0.1, 0.15) is 13.1 Å². The number of fused-ring (bicyclic) bond motifs is 1. The number of aromatic nitrogens is 1. The third kappa shape index (κ3) is 2.08. The highest BCUT2D eigenvalue weighted by Gasteiger charge is 2.27. The molecule has 1 aromatic heterocycles. The molecule has 0 unspecified atom stereocenters. The minimum Gasteiger partial charge on any atom is -0.361 e. The number of amides is 3. The monoisotopic (exact) mass is 257 g/mol. The summed E-state index contributed by atoms with van der Waals surface area (Å²) in [4.78, 5) is 39.0. The minimum absolute atomic E-state index is 0.0876. The van der Waals surface area contributed by atoms with E-state index in [0.717, 1.165) is 10.9 Å². The zero-order valence-electron chi connectivity index (χ0n) is 9.97. The van der Waals surface area contributed by atoms with Gasteiger partial charge in [-0.25, -0.2) is 0 Å². The topological polar surface area (TPSA) is 82.3 Å². The molecule has 6 nitrogen and oxygen atoms in total. The van der Waals surface area contributed by atoms with Crippen LogP contribution in [0.2, 0.25) is 0 Å². The molecule has 19 heavy (non-hydrogen) atoms. The average molecular weight is 257 g/mol. The first-order chi connectivity index (χ1) is 9.13. The summed E-state index contributed by atoms with van der Waals surface area (Å²) >= 11 is 0. The number of imide groups is 1. The van der Waals surface area contributed by atoms with Crippen molar-refractivity contribution in [2.45, 2.75) is 0 Å². The molecule has 1 aliphatic heterocycles. The number of hydrogen-bond acceptors (Lipinski definition) is 3. The van der Waals surface area contributed by atoms with Crippen LogP contribution in [-0.2, 0) is 9.59 Å². The number of hydrogen-bond donors (Lipinski definition) is 2. The molecule has 1 aromatic carbocycles. The Morgan fingerprint density at radius 1 is 1.11 bits per heavy atom. The number of nitrogens with zero attached hydrogens (tertiary/aromatic N) is 1. The van der Waals surface area contributed by atoms with Crippen molar-refractivity contribution in [1.29, 1.82) is 0 Å².